The van der Waals surface area contributed by atoms with Crippen LogP contribution >= 0.6 is 31.9 Å². The highest BCUT2D eigenvalue weighted by atomic mass is 79.9. The van der Waals surface area contributed by atoms with E-state index < -0.39 is 0 Å². The average Bonchev–Trinajstić information content (AvgIpc) is 2.44. The lowest BCUT2D eigenvalue weighted by Crippen LogP contribution is -2.10. The molecule has 0 saturated carbocycles. The molecule has 1 unspecified atom stereocenters. The van der Waals surface area contributed by atoms with Crippen molar-refractivity contribution in [1.29, 1.82) is 0 Å². The Bertz CT molecular complexity index is 567. The monoisotopic (exact) mass is 402 g/mol. The maximum absolute atomic E-state index is 13.3. The molecule has 0 aliphatic carbocycles. The number of rotatable bonds is 5. The Hall–Kier alpha value is -0.740. The van der Waals surface area contributed by atoms with Gasteiger partial charge in [-0.3, -0.25) is 0 Å². The Balaban J connectivity index is 2.08. The van der Waals surface area contributed by atoms with Crippen LogP contribution in [0.15, 0.2) is 46.9 Å². The van der Waals surface area contributed by atoms with Gasteiger partial charge in [-0.2, -0.15) is 0 Å². The van der Waals surface area contributed by atoms with E-state index in [-0.39, 0.29) is 11.6 Å². The van der Waals surface area contributed by atoms with Gasteiger partial charge in [-0.25, -0.2) is 8.78 Å². The van der Waals surface area contributed by atoms with Crippen LogP contribution in [0.1, 0.15) is 11.1 Å². The minimum Gasteiger partial charge on any atom is -0.207 e. The summed E-state index contributed by atoms with van der Waals surface area (Å²) in [7, 11) is 0. The smallest absolute Gasteiger partial charge is 0.123 e. The van der Waals surface area contributed by atoms with Crippen LogP contribution in [-0.4, -0.2) is 5.33 Å². The number of alkyl halides is 1. The van der Waals surface area contributed by atoms with Gasteiger partial charge in [0.25, 0.3) is 0 Å². The van der Waals surface area contributed by atoms with E-state index in [4.69, 9.17) is 0 Å². The van der Waals surface area contributed by atoms with Crippen LogP contribution < -0.4 is 0 Å². The summed E-state index contributed by atoms with van der Waals surface area (Å²) in [6, 6.07) is 11.3. The molecule has 0 bridgehead atoms. The highest BCUT2D eigenvalue weighted by molar-refractivity contribution is 9.10. The molecule has 0 nitrogen and oxygen atoms in total. The van der Waals surface area contributed by atoms with Crippen LogP contribution in [0.25, 0.3) is 0 Å². The fraction of sp³-hybridized carbons (Fsp3) is 0.250. The lowest BCUT2D eigenvalue weighted by atomic mass is 9.94. The molecule has 4 heteroatoms. The van der Waals surface area contributed by atoms with Gasteiger partial charge in [0.05, 0.1) is 0 Å². The third-order valence-electron chi connectivity index (χ3n) is 3.17. The fourth-order valence-electron chi connectivity index (χ4n) is 2.15. The molecule has 0 radical (unpaired) electrons. The van der Waals surface area contributed by atoms with Gasteiger partial charge in [0, 0.05) is 9.80 Å². The summed E-state index contributed by atoms with van der Waals surface area (Å²) in [5, 5.41) is 0.813. The topological polar surface area (TPSA) is 0 Å². The molecule has 20 heavy (non-hydrogen) atoms. The molecule has 0 aliphatic rings. The highest BCUT2D eigenvalue weighted by Gasteiger charge is 2.12. The van der Waals surface area contributed by atoms with Crippen molar-refractivity contribution in [2.75, 3.05) is 5.33 Å². The summed E-state index contributed by atoms with van der Waals surface area (Å²) in [5.74, 6) is -0.117. The van der Waals surface area contributed by atoms with Crippen molar-refractivity contribution in [3.63, 3.8) is 0 Å². The van der Waals surface area contributed by atoms with Crippen LogP contribution in [0.2, 0.25) is 0 Å². The first-order chi connectivity index (χ1) is 9.58. The Morgan fingerprint density at radius 1 is 0.900 bits per heavy atom. The number of hydrogen-bond donors (Lipinski definition) is 0. The van der Waals surface area contributed by atoms with Gasteiger partial charge in [0.1, 0.15) is 11.6 Å². The Labute approximate surface area is 134 Å². The summed E-state index contributed by atoms with van der Waals surface area (Å²) < 4.78 is 27.1. The number of hydrogen-bond acceptors (Lipinski definition) is 0. The SMILES string of the molecule is Fc1ccc(CC(CBr)Cc2cc(F)ccc2Br)cc1. The minimum absolute atomic E-state index is 0.224. The molecular formula is C16H14Br2F2. The van der Waals surface area contributed by atoms with Crippen molar-refractivity contribution in [3.05, 3.63) is 69.7 Å². The van der Waals surface area contributed by atoms with Crippen molar-refractivity contribution in [2.24, 2.45) is 5.92 Å². The predicted molar refractivity (Wildman–Crippen MR) is 85.2 cm³/mol. The van der Waals surface area contributed by atoms with Crippen molar-refractivity contribution in [1.82, 2.24) is 0 Å². The van der Waals surface area contributed by atoms with Crippen molar-refractivity contribution >= 4 is 31.9 Å². The van der Waals surface area contributed by atoms with E-state index in [0.717, 1.165) is 33.8 Å². The third-order valence-corrected chi connectivity index (χ3v) is 4.86. The summed E-state index contributed by atoms with van der Waals surface area (Å²) in [5.41, 5.74) is 2.04. The molecule has 0 N–H and O–H groups in total. The van der Waals surface area contributed by atoms with Crippen LogP contribution in [0.4, 0.5) is 8.78 Å². The van der Waals surface area contributed by atoms with Gasteiger partial charge in [0.15, 0.2) is 0 Å². The maximum atomic E-state index is 13.3. The van der Waals surface area contributed by atoms with E-state index in [2.05, 4.69) is 31.9 Å². The predicted octanol–water partition coefficient (Wildman–Crippen LogP) is 5.52. The van der Waals surface area contributed by atoms with Gasteiger partial charge in [-0.05, 0) is 60.2 Å². The normalized spacial score (nSPS) is 12.4. The Kier molecular flexibility index (Phi) is 5.73. The largest absolute Gasteiger partial charge is 0.207 e. The van der Waals surface area contributed by atoms with E-state index in [1.807, 2.05) is 0 Å². The first-order valence-electron chi connectivity index (χ1n) is 6.33. The van der Waals surface area contributed by atoms with E-state index in [9.17, 15) is 8.78 Å². The zero-order valence-electron chi connectivity index (χ0n) is 10.8. The molecule has 0 aromatic heterocycles. The number of benzene rings is 2. The van der Waals surface area contributed by atoms with Gasteiger partial charge >= 0.3 is 0 Å². The molecule has 1 atom stereocenters. The van der Waals surface area contributed by atoms with Crippen molar-refractivity contribution < 1.29 is 8.78 Å². The highest BCUT2D eigenvalue weighted by Crippen LogP contribution is 2.24. The van der Waals surface area contributed by atoms with Crippen LogP contribution in [0, 0.1) is 17.6 Å². The first kappa shape index (κ1) is 15.6. The zero-order chi connectivity index (χ0) is 14.5. The molecule has 106 valence electrons. The van der Waals surface area contributed by atoms with Gasteiger partial charge in [-0.1, -0.05) is 44.0 Å². The summed E-state index contributed by atoms with van der Waals surface area (Å²) in [6.45, 7) is 0. The van der Waals surface area contributed by atoms with Crippen LogP contribution in [-0.2, 0) is 12.8 Å². The molecule has 0 aliphatic heterocycles. The second-order valence-electron chi connectivity index (χ2n) is 4.79. The molecule has 2 rings (SSSR count). The second kappa shape index (κ2) is 7.32. The molecule has 0 fully saturated rings. The van der Waals surface area contributed by atoms with Crippen LogP contribution in [0.5, 0.6) is 0 Å². The van der Waals surface area contributed by atoms with Crippen LogP contribution in [0.3, 0.4) is 0 Å². The molecule has 2 aromatic carbocycles. The summed E-state index contributed by atoms with van der Waals surface area (Å²) >= 11 is 6.96. The molecule has 2 aromatic rings. The average molecular weight is 404 g/mol. The van der Waals surface area contributed by atoms with E-state index in [1.165, 1.54) is 18.2 Å². The molecule has 0 amide bonds. The van der Waals surface area contributed by atoms with Gasteiger partial charge in [-0.15, -0.1) is 0 Å². The standard InChI is InChI=1S/C16H14Br2F2/c17-10-12(7-11-1-3-14(19)4-2-11)8-13-9-15(20)5-6-16(13)18/h1-6,9,12H,7-8,10H2. The first-order valence-corrected chi connectivity index (χ1v) is 8.24. The van der Waals surface area contributed by atoms with Gasteiger partial charge in [0.2, 0.25) is 0 Å². The Morgan fingerprint density at radius 2 is 1.55 bits per heavy atom. The molecular weight excluding hydrogens is 390 g/mol. The summed E-state index contributed by atoms with van der Waals surface area (Å²) in [6.07, 6.45) is 1.59. The fourth-order valence-corrected chi connectivity index (χ4v) is 3.01. The lowest BCUT2D eigenvalue weighted by molar-refractivity contribution is 0.578. The number of halogens is 4. The van der Waals surface area contributed by atoms with E-state index >= 15 is 0 Å². The van der Waals surface area contributed by atoms with Gasteiger partial charge < -0.3 is 0 Å². The Morgan fingerprint density at radius 3 is 2.20 bits per heavy atom. The van der Waals surface area contributed by atoms with E-state index in [0.29, 0.717) is 5.92 Å². The molecule has 0 heterocycles. The van der Waals surface area contributed by atoms with E-state index in [1.54, 1.807) is 24.3 Å². The maximum Gasteiger partial charge on any atom is 0.123 e. The third kappa shape index (κ3) is 4.38. The molecule has 0 saturated heterocycles. The minimum atomic E-state index is -0.225. The van der Waals surface area contributed by atoms with Crippen molar-refractivity contribution in [2.45, 2.75) is 12.8 Å². The molecule has 0 spiro atoms. The summed E-state index contributed by atoms with van der Waals surface area (Å²) in [4.78, 5) is 0. The zero-order valence-corrected chi connectivity index (χ0v) is 13.9. The second-order valence-corrected chi connectivity index (χ2v) is 6.29. The lowest BCUT2D eigenvalue weighted by Gasteiger charge is -2.15. The quantitative estimate of drug-likeness (QED) is 0.576. The van der Waals surface area contributed by atoms with Crippen molar-refractivity contribution in [3.8, 4) is 0 Å².